The molecule has 162 valence electrons. The first-order chi connectivity index (χ1) is 14.0. The van der Waals surface area contributed by atoms with Crippen LogP contribution < -0.4 is 5.32 Å². The van der Waals surface area contributed by atoms with Crippen molar-refractivity contribution in [2.45, 2.75) is 39.2 Å². The summed E-state index contributed by atoms with van der Waals surface area (Å²) in [6.07, 6.45) is 2.73. The molecule has 0 aromatic heterocycles. The third-order valence-corrected chi connectivity index (χ3v) is 8.58. The summed E-state index contributed by atoms with van der Waals surface area (Å²) in [5, 5.41) is 3.05. The van der Waals surface area contributed by atoms with Gasteiger partial charge in [0.25, 0.3) is 0 Å². The Labute approximate surface area is 179 Å². The summed E-state index contributed by atoms with van der Waals surface area (Å²) in [5.74, 6) is 2.45. The summed E-state index contributed by atoms with van der Waals surface area (Å²) in [4.78, 5) is 15.2. The van der Waals surface area contributed by atoms with Crippen LogP contribution in [0.1, 0.15) is 38.2 Å². The lowest BCUT2D eigenvalue weighted by Gasteiger charge is -2.30. The van der Waals surface area contributed by atoms with Crippen molar-refractivity contribution in [3.05, 3.63) is 29.8 Å². The number of carbonyl (C=O) groups excluding carboxylic acids is 1. The van der Waals surface area contributed by atoms with E-state index in [0.29, 0.717) is 32.4 Å². The van der Waals surface area contributed by atoms with E-state index in [9.17, 15) is 13.2 Å². The van der Waals surface area contributed by atoms with Gasteiger partial charge in [0.2, 0.25) is 15.9 Å². The van der Waals surface area contributed by atoms with Crippen molar-refractivity contribution in [3.63, 3.8) is 0 Å². The number of carbonyl (C=O) groups is 1. The van der Waals surface area contributed by atoms with Crippen LogP contribution in [0.2, 0.25) is 0 Å². The molecule has 2 fully saturated rings. The van der Waals surface area contributed by atoms with E-state index in [4.69, 9.17) is 0 Å². The second kappa shape index (κ2) is 10.8. The number of piperidine rings is 1. The van der Waals surface area contributed by atoms with E-state index in [1.54, 1.807) is 4.31 Å². The minimum Gasteiger partial charge on any atom is -0.326 e. The van der Waals surface area contributed by atoms with Gasteiger partial charge in [-0.15, -0.1) is 0 Å². The van der Waals surface area contributed by atoms with Crippen molar-refractivity contribution in [2.75, 3.05) is 48.8 Å². The van der Waals surface area contributed by atoms with E-state index in [-0.39, 0.29) is 17.6 Å². The molecule has 0 radical (unpaired) electrons. The Kier molecular flexibility index (Phi) is 8.41. The fraction of sp³-hybridized carbons (Fsp3) is 0.667. The van der Waals surface area contributed by atoms with Gasteiger partial charge < -0.3 is 5.32 Å². The number of anilines is 1. The number of rotatable bonds is 8. The zero-order chi connectivity index (χ0) is 20.7. The van der Waals surface area contributed by atoms with Crippen LogP contribution in [0.5, 0.6) is 0 Å². The Hall–Kier alpha value is -1.09. The Bertz CT molecular complexity index is 771. The maximum atomic E-state index is 12.7. The second-order valence-electron chi connectivity index (χ2n) is 7.92. The summed E-state index contributed by atoms with van der Waals surface area (Å²) >= 11 is 2.00. The number of benzene rings is 1. The van der Waals surface area contributed by atoms with Gasteiger partial charge in [0.15, 0.2) is 0 Å². The van der Waals surface area contributed by atoms with Crippen LogP contribution in [-0.2, 0) is 21.4 Å². The smallest absolute Gasteiger partial charge is 0.227 e. The molecule has 2 saturated heterocycles. The molecular formula is C21H33N3O3S2. The van der Waals surface area contributed by atoms with Gasteiger partial charge in [-0.2, -0.15) is 11.8 Å². The van der Waals surface area contributed by atoms with Crippen LogP contribution in [0, 0.1) is 5.92 Å². The first-order valence-corrected chi connectivity index (χ1v) is 13.4. The molecule has 0 bridgehead atoms. The van der Waals surface area contributed by atoms with Crippen molar-refractivity contribution < 1.29 is 13.2 Å². The predicted molar refractivity (Wildman–Crippen MR) is 121 cm³/mol. The molecular weight excluding hydrogens is 406 g/mol. The van der Waals surface area contributed by atoms with Gasteiger partial charge in [0.1, 0.15) is 0 Å². The standard InChI is InChI=1S/C21H33N3O3S2/c1-2-3-15-29(26,27)24-9-7-19(8-10-24)21(25)22-20-6-4-5-18(16-20)17-23-11-13-28-14-12-23/h4-6,16,19H,2-3,7-15,17H2,1H3,(H,22,25). The van der Waals surface area contributed by atoms with Crippen LogP contribution in [0.3, 0.4) is 0 Å². The number of thioether (sulfide) groups is 1. The third-order valence-electron chi connectivity index (χ3n) is 5.68. The van der Waals surface area contributed by atoms with Gasteiger partial charge >= 0.3 is 0 Å². The molecule has 1 aromatic carbocycles. The summed E-state index contributed by atoms with van der Waals surface area (Å²) in [5.41, 5.74) is 2.04. The molecule has 0 spiro atoms. The number of hydrogen-bond acceptors (Lipinski definition) is 5. The van der Waals surface area contributed by atoms with Crippen LogP contribution in [-0.4, -0.2) is 67.0 Å². The van der Waals surface area contributed by atoms with Gasteiger partial charge in [0, 0.05) is 55.8 Å². The van der Waals surface area contributed by atoms with Gasteiger partial charge in [-0.05, 0) is 37.0 Å². The Morgan fingerprint density at radius 2 is 1.90 bits per heavy atom. The number of nitrogens with one attached hydrogen (secondary N) is 1. The zero-order valence-corrected chi connectivity index (χ0v) is 18.9. The molecule has 0 atom stereocenters. The zero-order valence-electron chi connectivity index (χ0n) is 17.3. The minimum absolute atomic E-state index is 0.00197. The molecule has 29 heavy (non-hydrogen) atoms. The van der Waals surface area contributed by atoms with Gasteiger partial charge in [-0.1, -0.05) is 25.5 Å². The summed E-state index contributed by atoms with van der Waals surface area (Å²) < 4.78 is 26.2. The highest BCUT2D eigenvalue weighted by Crippen LogP contribution is 2.23. The number of hydrogen-bond donors (Lipinski definition) is 1. The lowest BCUT2D eigenvalue weighted by molar-refractivity contribution is -0.120. The van der Waals surface area contributed by atoms with Crippen molar-refractivity contribution in [1.82, 2.24) is 9.21 Å². The Balaban J connectivity index is 1.50. The number of unbranched alkanes of at least 4 members (excludes halogenated alkanes) is 1. The van der Waals surface area contributed by atoms with Gasteiger partial charge in [-0.25, -0.2) is 12.7 Å². The average Bonchev–Trinajstić information content (AvgIpc) is 2.73. The molecule has 1 N–H and O–H groups in total. The minimum atomic E-state index is -3.18. The van der Waals surface area contributed by atoms with E-state index in [2.05, 4.69) is 22.3 Å². The van der Waals surface area contributed by atoms with Crippen LogP contribution in [0.4, 0.5) is 5.69 Å². The van der Waals surface area contributed by atoms with E-state index in [0.717, 1.165) is 31.7 Å². The third kappa shape index (κ3) is 6.70. The Morgan fingerprint density at radius 3 is 2.59 bits per heavy atom. The Morgan fingerprint density at radius 1 is 1.17 bits per heavy atom. The topological polar surface area (TPSA) is 69.7 Å². The molecule has 0 saturated carbocycles. The quantitative estimate of drug-likeness (QED) is 0.674. The van der Waals surface area contributed by atoms with E-state index < -0.39 is 10.0 Å². The van der Waals surface area contributed by atoms with Crippen molar-refractivity contribution in [2.24, 2.45) is 5.92 Å². The summed E-state index contributed by atoms with van der Waals surface area (Å²) in [6.45, 7) is 6.02. The molecule has 3 rings (SSSR count). The largest absolute Gasteiger partial charge is 0.326 e. The number of sulfonamides is 1. The fourth-order valence-electron chi connectivity index (χ4n) is 3.86. The van der Waals surface area contributed by atoms with E-state index in [1.165, 1.54) is 17.1 Å². The second-order valence-corrected chi connectivity index (χ2v) is 11.2. The van der Waals surface area contributed by atoms with Gasteiger partial charge in [-0.3, -0.25) is 9.69 Å². The van der Waals surface area contributed by atoms with Crippen LogP contribution in [0.15, 0.2) is 24.3 Å². The molecule has 1 amide bonds. The molecule has 1 aromatic rings. The van der Waals surface area contributed by atoms with Crippen molar-refractivity contribution in [1.29, 1.82) is 0 Å². The van der Waals surface area contributed by atoms with Crippen molar-refractivity contribution in [3.8, 4) is 0 Å². The molecule has 0 aliphatic carbocycles. The molecule has 2 aliphatic rings. The average molecular weight is 440 g/mol. The van der Waals surface area contributed by atoms with Crippen molar-refractivity contribution >= 4 is 33.4 Å². The van der Waals surface area contributed by atoms with Crippen LogP contribution >= 0.6 is 11.8 Å². The highest BCUT2D eigenvalue weighted by molar-refractivity contribution is 7.99. The highest BCUT2D eigenvalue weighted by Gasteiger charge is 2.30. The SMILES string of the molecule is CCCCS(=O)(=O)N1CCC(C(=O)Nc2cccc(CN3CCSCC3)c2)CC1. The monoisotopic (exact) mass is 439 g/mol. The van der Waals surface area contributed by atoms with Crippen LogP contribution in [0.25, 0.3) is 0 Å². The highest BCUT2D eigenvalue weighted by atomic mass is 32.2. The fourth-order valence-corrected chi connectivity index (χ4v) is 6.52. The maximum Gasteiger partial charge on any atom is 0.227 e. The molecule has 2 heterocycles. The molecule has 2 aliphatic heterocycles. The van der Waals surface area contributed by atoms with Gasteiger partial charge in [0.05, 0.1) is 5.75 Å². The maximum absolute atomic E-state index is 12.7. The lowest BCUT2D eigenvalue weighted by atomic mass is 9.97. The normalized spacial score (nSPS) is 19.9. The van der Waals surface area contributed by atoms with E-state index >= 15 is 0 Å². The first kappa shape index (κ1) is 22.6. The molecule has 8 heteroatoms. The van der Waals surface area contributed by atoms with E-state index in [1.807, 2.05) is 30.8 Å². The first-order valence-electron chi connectivity index (χ1n) is 10.7. The summed E-state index contributed by atoms with van der Waals surface area (Å²) in [6, 6.07) is 8.09. The molecule has 6 nitrogen and oxygen atoms in total. The number of nitrogens with zero attached hydrogens (tertiary/aromatic N) is 2. The number of amides is 1. The molecule has 0 unspecified atom stereocenters. The lowest BCUT2D eigenvalue weighted by Crippen LogP contribution is -2.42. The summed E-state index contributed by atoms with van der Waals surface area (Å²) in [7, 11) is -3.18. The predicted octanol–water partition coefficient (Wildman–Crippen LogP) is 3.02.